The van der Waals surface area contributed by atoms with E-state index >= 15 is 0 Å². The van der Waals surface area contributed by atoms with Gasteiger partial charge in [-0.2, -0.15) is 0 Å². The maximum absolute atomic E-state index is 5.56. The van der Waals surface area contributed by atoms with Crippen LogP contribution in [0, 0.1) is 0 Å². The third-order valence-electron chi connectivity index (χ3n) is 2.90. The Morgan fingerprint density at radius 2 is 2.00 bits per heavy atom. The highest BCUT2D eigenvalue weighted by Crippen LogP contribution is 2.28. The average molecular weight is 235 g/mol. The minimum Gasteiger partial charge on any atom is -0.489 e. The molecule has 0 bridgehead atoms. The monoisotopic (exact) mass is 235 g/mol. The number of hydrogen-bond donors (Lipinski definition) is 0. The Labute approximate surface area is 98.6 Å². The van der Waals surface area contributed by atoms with Crippen LogP contribution in [-0.4, -0.2) is 31.3 Å². The van der Waals surface area contributed by atoms with Crippen LogP contribution in [0.25, 0.3) is 6.08 Å². The Morgan fingerprint density at radius 3 is 2.88 bits per heavy atom. The largest absolute Gasteiger partial charge is 0.489 e. The van der Waals surface area contributed by atoms with Gasteiger partial charge in [-0.3, -0.25) is 0 Å². The predicted molar refractivity (Wildman–Crippen MR) is 67.2 cm³/mol. The summed E-state index contributed by atoms with van der Waals surface area (Å²) in [5, 5.41) is 0. The topological polar surface area (TPSA) is 18.5 Å². The molecule has 0 atom stereocenters. The zero-order valence-corrected chi connectivity index (χ0v) is 9.96. The molecular weight excluding hydrogens is 220 g/mol. The molecule has 1 saturated heterocycles. The highest BCUT2D eigenvalue weighted by atomic mass is 32.2. The number of hydrogen-bond acceptors (Lipinski definition) is 2. The first-order valence-electron chi connectivity index (χ1n) is 5.62. The van der Waals surface area contributed by atoms with Crippen molar-refractivity contribution in [2.75, 3.05) is 31.3 Å². The highest BCUT2D eigenvalue weighted by Gasteiger charge is 2.26. The van der Waals surface area contributed by atoms with Crippen molar-refractivity contribution in [3.05, 3.63) is 29.8 Å². The van der Waals surface area contributed by atoms with Crippen molar-refractivity contribution in [1.82, 2.24) is 0 Å². The van der Waals surface area contributed by atoms with Gasteiger partial charge in [0.2, 0.25) is 0 Å². The molecule has 3 heteroatoms. The van der Waals surface area contributed by atoms with Crippen LogP contribution in [0.15, 0.2) is 29.2 Å². The van der Waals surface area contributed by atoms with E-state index in [9.17, 15) is 0 Å². The third kappa shape index (κ3) is 1.97. The summed E-state index contributed by atoms with van der Waals surface area (Å²) in [7, 11) is 0.379. The molecule has 0 spiro atoms. The third-order valence-corrected chi connectivity index (χ3v) is 5.13. The van der Waals surface area contributed by atoms with Gasteiger partial charge in [-0.1, -0.05) is 6.08 Å². The van der Waals surface area contributed by atoms with Crippen molar-refractivity contribution in [2.45, 2.75) is 4.90 Å². The highest BCUT2D eigenvalue weighted by molar-refractivity contribution is 7.97. The van der Waals surface area contributed by atoms with E-state index in [0.717, 1.165) is 19.0 Å². The second kappa shape index (κ2) is 4.52. The van der Waals surface area contributed by atoms with Crippen LogP contribution in [0.4, 0.5) is 0 Å². The molecule has 0 amide bonds. The van der Waals surface area contributed by atoms with Crippen LogP contribution in [-0.2, 0) is 15.6 Å². The lowest BCUT2D eigenvalue weighted by atomic mass is 10.1. The molecule has 2 nitrogen and oxygen atoms in total. The maximum Gasteiger partial charge on any atom is 0.155 e. The molecule has 0 aromatic heterocycles. The van der Waals surface area contributed by atoms with E-state index in [4.69, 9.17) is 9.47 Å². The summed E-state index contributed by atoms with van der Waals surface area (Å²) in [5.41, 5.74) is 1.22. The molecular formula is C13H15O2S+. The zero-order chi connectivity index (χ0) is 10.8. The fourth-order valence-electron chi connectivity index (χ4n) is 2.04. The van der Waals surface area contributed by atoms with Crippen molar-refractivity contribution in [2.24, 2.45) is 0 Å². The smallest absolute Gasteiger partial charge is 0.155 e. The van der Waals surface area contributed by atoms with Crippen molar-refractivity contribution >= 4 is 17.0 Å². The molecule has 0 saturated carbocycles. The molecule has 1 aromatic rings. The molecule has 2 aliphatic heterocycles. The van der Waals surface area contributed by atoms with Crippen LogP contribution in [0.5, 0.6) is 5.75 Å². The number of fused-ring (bicyclic) bond motifs is 1. The molecule has 16 heavy (non-hydrogen) atoms. The molecule has 0 aliphatic carbocycles. The van der Waals surface area contributed by atoms with Crippen LogP contribution in [0.3, 0.4) is 0 Å². The lowest BCUT2D eigenvalue weighted by Crippen LogP contribution is -2.26. The van der Waals surface area contributed by atoms with Gasteiger partial charge in [-0.05, 0) is 18.2 Å². The van der Waals surface area contributed by atoms with Crippen molar-refractivity contribution in [3.8, 4) is 5.75 Å². The van der Waals surface area contributed by atoms with E-state index in [2.05, 4.69) is 30.4 Å². The summed E-state index contributed by atoms with van der Waals surface area (Å²) in [6.07, 6.45) is 4.23. The average Bonchev–Trinajstić information content (AvgIpc) is 2.39. The van der Waals surface area contributed by atoms with E-state index in [1.54, 1.807) is 0 Å². The van der Waals surface area contributed by atoms with Crippen molar-refractivity contribution in [3.63, 3.8) is 0 Å². The zero-order valence-electron chi connectivity index (χ0n) is 9.15. The van der Waals surface area contributed by atoms with E-state index in [-0.39, 0.29) is 0 Å². The van der Waals surface area contributed by atoms with Crippen LogP contribution in [0.1, 0.15) is 5.56 Å². The number of benzene rings is 1. The second-order valence-corrected chi connectivity index (χ2v) is 6.20. The van der Waals surface area contributed by atoms with E-state index in [1.807, 2.05) is 0 Å². The first-order chi connectivity index (χ1) is 7.93. The van der Waals surface area contributed by atoms with E-state index < -0.39 is 0 Å². The molecule has 84 valence electrons. The first-order valence-corrected chi connectivity index (χ1v) is 7.18. The molecule has 0 unspecified atom stereocenters. The van der Waals surface area contributed by atoms with Crippen LogP contribution < -0.4 is 4.74 Å². The fraction of sp³-hybridized carbons (Fsp3) is 0.385. The van der Waals surface area contributed by atoms with Gasteiger partial charge in [-0.25, -0.2) is 0 Å². The number of ether oxygens (including phenoxy) is 2. The number of rotatable bonds is 1. The standard InChI is InChI=1S/C13H15O2S/c1-2-11-10-12(3-4-13(11)15-5-1)16-8-6-14-7-9-16/h1-4,10H,5-9H2/q+1. The van der Waals surface area contributed by atoms with Crippen molar-refractivity contribution < 1.29 is 9.47 Å². The van der Waals surface area contributed by atoms with Gasteiger partial charge in [0.1, 0.15) is 23.9 Å². The normalized spacial score (nSPS) is 20.2. The van der Waals surface area contributed by atoms with Gasteiger partial charge < -0.3 is 9.47 Å². The van der Waals surface area contributed by atoms with Crippen LogP contribution in [0.2, 0.25) is 0 Å². The molecule has 1 aromatic carbocycles. The predicted octanol–water partition coefficient (Wildman–Crippen LogP) is 2.10. The lowest BCUT2D eigenvalue weighted by molar-refractivity contribution is 0.159. The van der Waals surface area contributed by atoms with Gasteiger partial charge in [0, 0.05) is 22.5 Å². The van der Waals surface area contributed by atoms with E-state index in [1.165, 1.54) is 22.0 Å². The van der Waals surface area contributed by atoms with Gasteiger partial charge in [0.05, 0.1) is 13.2 Å². The van der Waals surface area contributed by atoms with Gasteiger partial charge in [0.15, 0.2) is 4.90 Å². The van der Waals surface area contributed by atoms with Gasteiger partial charge in [0.25, 0.3) is 0 Å². The quantitative estimate of drug-likeness (QED) is 0.694. The minimum atomic E-state index is 0.379. The molecule has 0 radical (unpaired) electrons. The second-order valence-electron chi connectivity index (χ2n) is 3.93. The Bertz CT molecular complexity index is 408. The summed E-state index contributed by atoms with van der Waals surface area (Å²) in [6.45, 7) is 2.52. The Morgan fingerprint density at radius 1 is 1.12 bits per heavy atom. The first kappa shape index (κ1) is 10.2. The Hall–Kier alpha value is -0.930. The van der Waals surface area contributed by atoms with Gasteiger partial charge in [-0.15, -0.1) is 0 Å². The summed E-state index contributed by atoms with van der Waals surface area (Å²) >= 11 is 0. The molecule has 2 aliphatic rings. The minimum absolute atomic E-state index is 0.379. The lowest BCUT2D eigenvalue weighted by Gasteiger charge is -2.16. The van der Waals surface area contributed by atoms with Crippen LogP contribution >= 0.6 is 0 Å². The van der Waals surface area contributed by atoms with E-state index in [0.29, 0.717) is 17.5 Å². The molecule has 0 N–H and O–H groups in total. The van der Waals surface area contributed by atoms with Crippen molar-refractivity contribution in [1.29, 1.82) is 0 Å². The summed E-state index contributed by atoms with van der Waals surface area (Å²) in [4.78, 5) is 1.46. The SMILES string of the molecule is C1=Cc2cc([S+]3CCOCC3)ccc2OC1. The maximum atomic E-state index is 5.56. The fourth-order valence-corrected chi connectivity index (χ4v) is 3.91. The Kier molecular flexibility index (Phi) is 2.89. The summed E-state index contributed by atoms with van der Waals surface area (Å²) in [6, 6.07) is 6.60. The van der Waals surface area contributed by atoms with Gasteiger partial charge >= 0.3 is 0 Å². The molecule has 2 heterocycles. The molecule has 3 rings (SSSR count). The summed E-state index contributed by atoms with van der Waals surface area (Å²) < 4.78 is 11.0. The molecule has 1 fully saturated rings. The Balaban J connectivity index is 1.88. The summed E-state index contributed by atoms with van der Waals surface area (Å²) in [5.74, 6) is 3.36.